The van der Waals surface area contributed by atoms with Gasteiger partial charge in [0.1, 0.15) is 11.8 Å². The smallest absolute Gasteiger partial charge is 0.323 e. The zero-order valence-electron chi connectivity index (χ0n) is 19.9. The molecule has 8 nitrogen and oxygen atoms in total. The van der Waals surface area contributed by atoms with Gasteiger partial charge in [0, 0.05) is 36.0 Å². The van der Waals surface area contributed by atoms with Crippen molar-refractivity contribution in [2.75, 3.05) is 20.8 Å². The molecule has 3 aromatic rings. The predicted molar refractivity (Wildman–Crippen MR) is 128 cm³/mol. The summed E-state index contributed by atoms with van der Waals surface area (Å²) in [6.45, 7) is 4.97. The highest BCUT2D eigenvalue weighted by atomic mass is 16.5. The monoisotopic (exact) mass is 462 g/mol. The summed E-state index contributed by atoms with van der Waals surface area (Å²) in [6.07, 6.45) is 0.477. The summed E-state index contributed by atoms with van der Waals surface area (Å²) in [5.74, 6) is 0.272. The Morgan fingerprint density at radius 3 is 2.59 bits per heavy atom. The first-order valence-electron chi connectivity index (χ1n) is 11.3. The number of methoxy groups -OCH3 is 2. The number of amides is 1. The molecule has 0 aliphatic carbocycles. The lowest BCUT2D eigenvalue weighted by Crippen LogP contribution is -2.37. The molecule has 34 heavy (non-hydrogen) atoms. The van der Waals surface area contributed by atoms with Gasteiger partial charge < -0.3 is 14.8 Å². The second kappa shape index (κ2) is 10.1. The maximum absolute atomic E-state index is 13.1. The molecule has 4 rings (SSSR count). The summed E-state index contributed by atoms with van der Waals surface area (Å²) in [4.78, 5) is 27.6. The van der Waals surface area contributed by atoms with Crippen LogP contribution >= 0.6 is 0 Å². The standard InChI is InChI=1S/C26H30N4O4/c1-17-12-18(2)30(28-17)22-10-7-9-19(13-22)25(31)27-21-14-23(26(32)34-4)29(16-21)15-20-8-5-6-11-24(20)33-3/h5-13,21,23H,14-16H2,1-4H3,(H,27,31)/t21-,23-/m0/s1. The number of carbonyl (C=O) groups is 2. The van der Waals surface area contributed by atoms with E-state index in [4.69, 9.17) is 9.47 Å². The molecule has 2 aromatic carbocycles. The molecule has 1 N–H and O–H groups in total. The van der Waals surface area contributed by atoms with Crippen molar-refractivity contribution in [3.05, 3.63) is 77.1 Å². The van der Waals surface area contributed by atoms with Crippen LogP contribution < -0.4 is 10.1 Å². The number of nitrogens with zero attached hydrogens (tertiary/aromatic N) is 3. The third kappa shape index (κ3) is 4.97. The Balaban J connectivity index is 1.49. The van der Waals surface area contributed by atoms with Crippen LogP contribution in [0.25, 0.3) is 5.69 Å². The van der Waals surface area contributed by atoms with Crippen LogP contribution in [0.4, 0.5) is 0 Å². The second-order valence-electron chi connectivity index (χ2n) is 8.58. The number of aromatic nitrogens is 2. The van der Waals surface area contributed by atoms with E-state index in [1.54, 1.807) is 13.2 Å². The van der Waals surface area contributed by atoms with E-state index in [1.807, 2.05) is 72.0 Å². The van der Waals surface area contributed by atoms with Crippen molar-refractivity contribution in [3.8, 4) is 11.4 Å². The van der Waals surface area contributed by atoms with E-state index in [9.17, 15) is 9.59 Å². The van der Waals surface area contributed by atoms with Gasteiger partial charge in [-0.2, -0.15) is 5.10 Å². The topological polar surface area (TPSA) is 85.7 Å². The normalized spacial score (nSPS) is 18.0. The molecular weight excluding hydrogens is 432 g/mol. The van der Waals surface area contributed by atoms with Crippen molar-refractivity contribution in [1.29, 1.82) is 0 Å². The maximum Gasteiger partial charge on any atom is 0.323 e. The fourth-order valence-electron chi connectivity index (χ4n) is 4.55. The third-order valence-corrected chi connectivity index (χ3v) is 6.14. The van der Waals surface area contributed by atoms with Gasteiger partial charge >= 0.3 is 5.97 Å². The van der Waals surface area contributed by atoms with Gasteiger partial charge in [-0.1, -0.05) is 24.3 Å². The number of likely N-dealkylation sites (tertiary alicyclic amines) is 1. The average molecular weight is 463 g/mol. The molecule has 0 unspecified atom stereocenters. The molecule has 0 bridgehead atoms. The molecule has 1 amide bonds. The molecule has 2 atom stereocenters. The molecule has 0 saturated carbocycles. The van der Waals surface area contributed by atoms with E-state index in [0.717, 1.165) is 28.4 Å². The van der Waals surface area contributed by atoms with E-state index in [0.29, 0.717) is 25.1 Å². The minimum Gasteiger partial charge on any atom is -0.496 e. The zero-order chi connectivity index (χ0) is 24.2. The van der Waals surface area contributed by atoms with Gasteiger partial charge in [-0.15, -0.1) is 0 Å². The van der Waals surface area contributed by atoms with Crippen molar-refractivity contribution in [2.45, 2.75) is 38.9 Å². The molecule has 0 spiro atoms. The van der Waals surface area contributed by atoms with Crippen LogP contribution in [0.3, 0.4) is 0 Å². The summed E-state index contributed by atoms with van der Waals surface area (Å²) in [5, 5.41) is 7.60. The minimum absolute atomic E-state index is 0.184. The van der Waals surface area contributed by atoms with Gasteiger partial charge in [-0.3, -0.25) is 14.5 Å². The van der Waals surface area contributed by atoms with E-state index in [-0.39, 0.29) is 17.9 Å². The number of aryl methyl sites for hydroxylation is 2. The minimum atomic E-state index is -0.443. The number of hydrogen-bond acceptors (Lipinski definition) is 6. The molecule has 1 saturated heterocycles. The summed E-state index contributed by atoms with van der Waals surface area (Å²) < 4.78 is 12.3. The molecule has 0 radical (unpaired) electrons. The fraction of sp³-hybridized carbons (Fsp3) is 0.346. The number of rotatable bonds is 7. The Kier molecular flexibility index (Phi) is 6.98. The van der Waals surface area contributed by atoms with Crippen LogP contribution in [-0.2, 0) is 16.1 Å². The summed E-state index contributed by atoms with van der Waals surface area (Å²) in [6, 6.07) is 16.5. The molecule has 178 valence electrons. The number of carbonyl (C=O) groups excluding carboxylic acids is 2. The number of ether oxygens (including phenoxy) is 2. The third-order valence-electron chi connectivity index (χ3n) is 6.14. The fourth-order valence-corrected chi connectivity index (χ4v) is 4.55. The molecular formula is C26H30N4O4. The van der Waals surface area contributed by atoms with Crippen molar-refractivity contribution in [2.24, 2.45) is 0 Å². The molecule has 1 fully saturated rings. The van der Waals surface area contributed by atoms with Crippen LogP contribution in [0.2, 0.25) is 0 Å². The lowest BCUT2D eigenvalue weighted by atomic mass is 10.1. The largest absolute Gasteiger partial charge is 0.496 e. The van der Waals surface area contributed by atoms with Crippen molar-refractivity contribution in [3.63, 3.8) is 0 Å². The van der Waals surface area contributed by atoms with Crippen molar-refractivity contribution in [1.82, 2.24) is 20.0 Å². The maximum atomic E-state index is 13.1. The number of hydrogen-bond donors (Lipinski definition) is 1. The quantitative estimate of drug-likeness (QED) is 0.544. The number of nitrogens with one attached hydrogen (secondary N) is 1. The summed E-state index contributed by atoms with van der Waals surface area (Å²) in [5.41, 5.74) is 4.27. The first-order chi connectivity index (χ1) is 16.4. The van der Waals surface area contributed by atoms with Crippen molar-refractivity contribution < 1.29 is 19.1 Å². The van der Waals surface area contributed by atoms with Gasteiger partial charge in [0.15, 0.2) is 0 Å². The number of esters is 1. The van der Waals surface area contributed by atoms with Gasteiger partial charge in [-0.25, -0.2) is 4.68 Å². The van der Waals surface area contributed by atoms with Crippen molar-refractivity contribution >= 4 is 11.9 Å². The Hall–Kier alpha value is -3.65. The van der Waals surface area contributed by atoms with E-state index >= 15 is 0 Å². The van der Waals surface area contributed by atoms with Gasteiger partial charge in [-0.05, 0) is 50.6 Å². The second-order valence-corrected chi connectivity index (χ2v) is 8.58. The Bertz CT molecular complexity index is 1190. The predicted octanol–water partition coefficient (Wildman–Crippen LogP) is 3.04. The highest BCUT2D eigenvalue weighted by Crippen LogP contribution is 2.26. The SMILES string of the molecule is COC(=O)[C@@H]1C[C@H](NC(=O)c2cccc(-n3nc(C)cc3C)c2)CN1Cc1ccccc1OC. The van der Waals surface area contributed by atoms with Crippen LogP contribution in [-0.4, -0.2) is 59.4 Å². The van der Waals surface area contributed by atoms with Crippen LogP contribution in [0.15, 0.2) is 54.6 Å². The summed E-state index contributed by atoms with van der Waals surface area (Å²) in [7, 11) is 3.02. The Morgan fingerprint density at radius 1 is 1.09 bits per heavy atom. The molecule has 2 heterocycles. The highest BCUT2D eigenvalue weighted by molar-refractivity contribution is 5.95. The number of benzene rings is 2. The highest BCUT2D eigenvalue weighted by Gasteiger charge is 2.38. The molecule has 1 aliphatic heterocycles. The average Bonchev–Trinajstić information content (AvgIpc) is 3.40. The lowest BCUT2D eigenvalue weighted by Gasteiger charge is -2.23. The van der Waals surface area contributed by atoms with Crippen LogP contribution in [0.1, 0.15) is 33.7 Å². The first-order valence-corrected chi connectivity index (χ1v) is 11.3. The molecule has 8 heteroatoms. The van der Waals surface area contributed by atoms with Crippen LogP contribution in [0, 0.1) is 13.8 Å². The lowest BCUT2D eigenvalue weighted by molar-refractivity contribution is -0.146. The van der Waals surface area contributed by atoms with Gasteiger partial charge in [0.05, 0.1) is 25.6 Å². The van der Waals surface area contributed by atoms with E-state index in [2.05, 4.69) is 10.4 Å². The number of para-hydroxylation sites is 1. The van der Waals surface area contributed by atoms with E-state index in [1.165, 1.54) is 7.11 Å². The first kappa shape index (κ1) is 23.5. The van der Waals surface area contributed by atoms with E-state index < -0.39 is 6.04 Å². The zero-order valence-corrected chi connectivity index (χ0v) is 19.9. The molecule has 1 aromatic heterocycles. The van der Waals surface area contributed by atoms with Gasteiger partial charge in [0.25, 0.3) is 5.91 Å². The summed E-state index contributed by atoms with van der Waals surface area (Å²) >= 11 is 0. The Labute approximate surface area is 199 Å². The van der Waals surface area contributed by atoms with Gasteiger partial charge in [0.2, 0.25) is 0 Å². The molecule has 1 aliphatic rings. The Morgan fingerprint density at radius 2 is 1.88 bits per heavy atom. The van der Waals surface area contributed by atoms with Crippen LogP contribution in [0.5, 0.6) is 5.75 Å².